The number of hydrogen-bond acceptors (Lipinski definition) is 5. The minimum absolute atomic E-state index is 0.149. The van der Waals surface area contributed by atoms with E-state index in [0.717, 1.165) is 11.1 Å². The van der Waals surface area contributed by atoms with Crippen LogP contribution in [0.1, 0.15) is 34.0 Å². The van der Waals surface area contributed by atoms with Gasteiger partial charge >= 0.3 is 5.97 Å². The summed E-state index contributed by atoms with van der Waals surface area (Å²) >= 11 is 0. The molecule has 1 atom stereocenters. The van der Waals surface area contributed by atoms with Gasteiger partial charge in [0.1, 0.15) is 5.56 Å². The van der Waals surface area contributed by atoms with Gasteiger partial charge in [-0.1, -0.05) is 30.3 Å². The van der Waals surface area contributed by atoms with E-state index in [0.29, 0.717) is 11.3 Å². The number of aryl methyl sites for hydroxylation is 3. The summed E-state index contributed by atoms with van der Waals surface area (Å²) in [5, 5.41) is 13.9. The van der Waals surface area contributed by atoms with Gasteiger partial charge in [0.25, 0.3) is 11.6 Å². The number of benzene rings is 2. The molecule has 26 heavy (non-hydrogen) atoms. The van der Waals surface area contributed by atoms with E-state index in [4.69, 9.17) is 4.74 Å². The van der Waals surface area contributed by atoms with Gasteiger partial charge in [-0.05, 0) is 44.4 Å². The lowest BCUT2D eigenvalue weighted by atomic mass is 10.1. The van der Waals surface area contributed by atoms with Crippen molar-refractivity contribution in [1.29, 1.82) is 0 Å². The Hall–Kier alpha value is -3.22. The van der Waals surface area contributed by atoms with Gasteiger partial charge in [-0.25, -0.2) is 4.79 Å². The number of anilines is 1. The molecule has 0 saturated heterocycles. The van der Waals surface area contributed by atoms with Crippen LogP contribution in [0.3, 0.4) is 0 Å². The minimum Gasteiger partial charge on any atom is -0.449 e. The summed E-state index contributed by atoms with van der Waals surface area (Å²) < 4.78 is 5.17. The minimum atomic E-state index is -1.11. The molecule has 136 valence electrons. The van der Waals surface area contributed by atoms with Gasteiger partial charge in [0, 0.05) is 11.8 Å². The van der Waals surface area contributed by atoms with Crippen LogP contribution in [0, 0.1) is 30.9 Å². The molecule has 7 nitrogen and oxygen atoms in total. The van der Waals surface area contributed by atoms with E-state index in [2.05, 4.69) is 5.32 Å². The first-order chi connectivity index (χ1) is 12.2. The Kier molecular flexibility index (Phi) is 5.71. The number of hydrogen-bond donors (Lipinski definition) is 1. The van der Waals surface area contributed by atoms with Crippen molar-refractivity contribution >= 4 is 23.3 Å². The largest absolute Gasteiger partial charge is 0.449 e. The van der Waals surface area contributed by atoms with Crippen molar-refractivity contribution in [2.45, 2.75) is 33.8 Å². The van der Waals surface area contributed by atoms with Crippen LogP contribution in [0.15, 0.2) is 36.4 Å². The smallest absolute Gasteiger partial charge is 0.346 e. The van der Waals surface area contributed by atoms with E-state index in [-0.39, 0.29) is 11.3 Å². The Labute approximate surface area is 151 Å². The lowest BCUT2D eigenvalue weighted by Crippen LogP contribution is -2.30. The van der Waals surface area contributed by atoms with Gasteiger partial charge in [0.15, 0.2) is 6.10 Å². The highest BCUT2D eigenvalue weighted by molar-refractivity contribution is 6.00. The molecule has 2 aromatic rings. The standard InChI is InChI=1S/C19H20N2O5/c1-11-7-6-10-15(21(24)25)16(11)19(23)26-14(4)18(22)20-17-12(2)8-5-9-13(17)3/h5-10,14H,1-4H3,(H,20,22). The van der Waals surface area contributed by atoms with Gasteiger partial charge in [0.05, 0.1) is 4.92 Å². The molecular weight excluding hydrogens is 336 g/mol. The maximum absolute atomic E-state index is 12.4. The number of nitrogens with zero attached hydrogens (tertiary/aromatic N) is 1. The fraction of sp³-hybridized carbons (Fsp3) is 0.263. The molecule has 0 aliphatic rings. The molecule has 1 unspecified atom stereocenters. The lowest BCUT2D eigenvalue weighted by Gasteiger charge is -2.16. The van der Waals surface area contributed by atoms with E-state index in [1.54, 1.807) is 13.0 Å². The fourth-order valence-electron chi connectivity index (χ4n) is 2.58. The topological polar surface area (TPSA) is 98.5 Å². The van der Waals surface area contributed by atoms with Crippen molar-refractivity contribution in [3.63, 3.8) is 0 Å². The van der Waals surface area contributed by atoms with Crippen LogP contribution in [0.4, 0.5) is 11.4 Å². The lowest BCUT2D eigenvalue weighted by molar-refractivity contribution is -0.385. The number of nitro groups is 1. The van der Waals surface area contributed by atoms with E-state index >= 15 is 0 Å². The van der Waals surface area contributed by atoms with Crippen LogP contribution >= 0.6 is 0 Å². The molecule has 0 bridgehead atoms. The fourth-order valence-corrected chi connectivity index (χ4v) is 2.58. The predicted octanol–water partition coefficient (Wildman–Crippen LogP) is 3.70. The van der Waals surface area contributed by atoms with Crippen LogP contribution in [0.25, 0.3) is 0 Å². The van der Waals surface area contributed by atoms with Gasteiger partial charge in [0.2, 0.25) is 0 Å². The summed E-state index contributed by atoms with van der Waals surface area (Å²) in [5.41, 5.74) is 2.33. The molecule has 0 radical (unpaired) electrons. The Morgan fingerprint density at radius 2 is 1.58 bits per heavy atom. The van der Waals surface area contributed by atoms with E-state index < -0.39 is 22.9 Å². The number of amides is 1. The first kappa shape index (κ1) is 19.1. The zero-order valence-electron chi connectivity index (χ0n) is 15.0. The first-order valence-corrected chi connectivity index (χ1v) is 8.04. The second kappa shape index (κ2) is 7.77. The van der Waals surface area contributed by atoms with Crippen molar-refractivity contribution in [2.75, 3.05) is 5.32 Å². The van der Waals surface area contributed by atoms with Crippen LogP contribution in [-0.4, -0.2) is 22.9 Å². The zero-order chi connectivity index (χ0) is 19.4. The van der Waals surface area contributed by atoms with Crippen molar-refractivity contribution < 1.29 is 19.2 Å². The van der Waals surface area contributed by atoms with Crippen LogP contribution in [0.5, 0.6) is 0 Å². The average molecular weight is 356 g/mol. The molecule has 1 N–H and O–H groups in total. The number of ether oxygens (including phenoxy) is 1. The summed E-state index contributed by atoms with van der Waals surface area (Å²) in [7, 11) is 0. The zero-order valence-corrected chi connectivity index (χ0v) is 15.0. The van der Waals surface area contributed by atoms with Crippen LogP contribution in [0.2, 0.25) is 0 Å². The highest BCUT2D eigenvalue weighted by atomic mass is 16.6. The number of nitro benzene ring substituents is 1. The molecule has 0 aliphatic carbocycles. The number of esters is 1. The summed E-state index contributed by atoms with van der Waals surface area (Å²) in [5.74, 6) is -1.41. The molecule has 7 heteroatoms. The first-order valence-electron chi connectivity index (χ1n) is 8.04. The van der Waals surface area contributed by atoms with Crippen LogP contribution < -0.4 is 5.32 Å². The van der Waals surface area contributed by atoms with Gasteiger partial charge in [-0.3, -0.25) is 14.9 Å². The molecule has 1 amide bonds. The Morgan fingerprint density at radius 1 is 1.04 bits per heavy atom. The highest BCUT2D eigenvalue weighted by Gasteiger charge is 2.27. The third-order valence-corrected chi connectivity index (χ3v) is 4.03. The quantitative estimate of drug-likeness (QED) is 0.500. The highest BCUT2D eigenvalue weighted by Crippen LogP contribution is 2.24. The van der Waals surface area contributed by atoms with Crippen molar-refractivity contribution in [3.8, 4) is 0 Å². The van der Waals surface area contributed by atoms with Crippen molar-refractivity contribution in [3.05, 3.63) is 68.8 Å². The third-order valence-electron chi connectivity index (χ3n) is 4.03. The SMILES string of the molecule is Cc1cccc(C)c1NC(=O)C(C)OC(=O)c1c(C)cccc1[N+](=O)[O-]. The summed E-state index contributed by atoms with van der Waals surface area (Å²) in [6, 6.07) is 9.88. The Balaban J connectivity index is 2.17. The molecule has 0 aliphatic heterocycles. The number of nitrogens with one attached hydrogen (secondary N) is 1. The van der Waals surface area contributed by atoms with E-state index in [1.165, 1.54) is 19.1 Å². The molecule has 2 aromatic carbocycles. The molecular formula is C19H20N2O5. The average Bonchev–Trinajstić information content (AvgIpc) is 2.57. The normalized spacial score (nSPS) is 11.5. The third kappa shape index (κ3) is 4.05. The molecule has 0 aromatic heterocycles. The predicted molar refractivity (Wildman–Crippen MR) is 97.3 cm³/mol. The summed E-state index contributed by atoms with van der Waals surface area (Å²) in [4.78, 5) is 35.2. The Morgan fingerprint density at radius 3 is 2.15 bits per heavy atom. The number of carbonyl (C=O) groups excluding carboxylic acids is 2. The molecule has 0 spiro atoms. The molecule has 2 rings (SSSR count). The van der Waals surface area contributed by atoms with Crippen molar-refractivity contribution in [2.24, 2.45) is 0 Å². The number of rotatable bonds is 5. The summed E-state index contributed by atoms with van der Waals surface area (Å²) in [6.07, 6.45) is -1.11. The van der Waals surface area contributed by atoms with Gasteiger partial charge in [-0.2, -0.15) is 0 Å². The second-order valence-corrected chi connectivity index (χ2v) is 6.03. The van der Waals surface area contributed by atoms with E-state index in [1.807, 2.05) is 32.0 Å². The van der Waals surface area contributed by atoms with Crippen LogP contribution in [-0.2, 0) is 9.53 Å². The number of carbonyl (C=O) groups is 2. The number of para-hydroxylation sites is 1. The summed E-state index contributed by atoms with van der Waals surface area (Å²) in [6.45, 7) is 6.71. The molecule has 0 saturated carbocycles. The Bertz CT molecular complexity index is 856. The van der Waals surface area contributed by atoms with Gasteiger partial charge < -0.3 is 10.1 Å². The maximum Gasteiger partial charge on any atom is 0.346 e. The van der Waals surface area contributed by atoms with E-state index in [9.17, 15) is 19.7 Å². The monoisotopic (exact) mass is 356 g/mol. The van der Waals surface area contributed by atoms with Gasteiger partial charge in [-0.15, -0.1) is 0 Å². The van der Waals surface area contributed by atoms with Crippen molar-refractivity contribution in [1.82, 2.24) is 0 Å². The molecule has 0 heterocycles. The maximum atomic E-state index is 12.4. The second-order valence-electron chi connectivity index (χ2n) is 6.03. The molecule has 0 fully saturated rings.